The van der Waals surface area contributed by atoms with Crippen molar-refractivity contribution in [2.24, 2.45) is 0 Å². The van der Waals surface area contributed by atoms with Gasteiger partial charge in [-0.15, -0.1) is 11.3 Å². The standard InChI is InChI=1S/C12H14BrN3S/c13-10-7-15-16(8-10)5-4-14-11-2-1-9-3-6-17-12(9)11/h3,6-8,11,14H,1-2,4-5H2. The Morgan fingerprint density at radius 1 is 1.59 bits per heavy atom. The normalized spacial score (nSPS) is 18.5. The van der Waals surface area contributed by atoms with E-state index in [4.69, 9.17) is 0 Å². The number of thiophene rings is 1. The maximum Gasteiger partial charge on any atom is 0.0632 e. The van der Waals surface area contributed by atoms with Crippen molar-refractivity contribution >= 4 is 27.3 Å². The van der Waals surface area contributed by atoms with Crippen LogP contribution >= 0.6 is 27.3 Å². The number of hydrogen-bond acceptors (Lipinski definition) is 3. The van der Waals surface area contributed by atoms with Crippen molar-refractivity contribution in [1.29, 1.82) is 0 Å². The molecule has 1 aliphatic carbocycles. The fraction of sp³-hybridized carbons (Fsp3) is 0.417. The van der Waals surface area contributed by atoms with Crippen LogP contribution in [0.4, 0.5) is 0 Å². The number of hydrogen-bond donors (Lipinski definition) is 1. The van der Waals surface area contributed by atoms with E-state index in [-0.39, 0.29) is 0 Å². The zero-order valence-electron chi connectivity index (χ0n) is 9.40. The minimum atomic E-state index is 0.559. The largest absolute Gasteiger partial charge is 0.307 e. The molecule has 0 amide bonds. The number of rotatable bonds is 4. The first-order valence-electron chi connectivity index (χ1n) is 5.80. The third-order valence-electron chi connectivity index (χ3n) is 3.13. The summed E-state index contributed by atoms with van der Waals surface area (Å²) in [6.45, 7) is 1.89. The average molecular weight is 312 g/mol. The molecule has 1 N–H and O–H groups in total. The molecule has 2 aromatic rings. The van der Waals surface area contributed by atoms with Crippen molar-refractivity contribution in [2.75, 3.05) is 6.54 Å². The molecule has 3 rings (SSSR count). The summed E-state index contributed by atoms with van der Waals surface area (Å²) < 4.78 is 3.00. The van der Waals surface area contributed by atoms with E-state index in [9.17, 15) is 0 Å². The Kier molecular flexibility index (Phi) is 3.31. The van der Waals surface area contributed by atoms with E-state index in [1.807, 2.05) is 28.4 Å². The van der Waals surface area contributed by atoms with Gasteiger partial charge in [0.1, 0.15) is 0 Å². The monoisotopic (exact) mass is 311 g/mol. The molecule has 1 aliphatic rings. The highest BCUT2D eigenvalue weighted by Crippen LogP contribution is 2.34. The number of nitrogens with zero attached hydrogens (tertiary/aromatic N) is 2. The topological polar surface area (TPSA) is 29.9 Å². The lowest BCUT2D eigenvalue weighted by atomic mass is 10.2. The van der Waals surface area contributed by atoms with Crippen LogP contribution in [0.1, 0.15) is 22.9 Å². The molecular weight excluding hydrogens is 298 g/mol. The summed E-state index contributed by atoms with van der Waals surface area (Å²) in [6, 6.07) is 2.82. The molecule has 5 heteroatoms. The van der Waals surface area contributed by atoms with E-state index in [1.165, 1.54) is 23.3 Å². The van der Waals surface area contributed by atoms with E-state index in [0.29, 0.717) is 6.04 Å². The van der Waals surface area contributed by atoms with Crippen LogP contribution in [-0.4, -0.2) is 16.3 Å². The molecular formula is C12H14BrN3S. The molecule has 0 radical (unpaired) electrons. The van der Waals surface area contributed by atoms with Gasteiger partial charge in [0.25, 0.3) is 0 Å². The number of nitrogens with one attached hydrogen (secondary N) is 1. The highest BCUT2D eigenvalue weighted by atomic mass is 79.9. The fourth-order valence-corrected chi connectivity index (χ4v) is 3.69. The minimum absolute atomic E-state index is 0.559. The number of aromatic nitrogens is 2. The van der Waals surface area contributed by atoms with Gasteiger partial charge in [-0.25, -0.2) is 0 Å². The molecule has 0 aliphatic heterocycles. The lowest BCUT2D eigenvalue weighted by Gasteiger charge is -2.12. The Balaban J connectivity index is 1.53. The van der Waals surface area contributed by atoms with E-state index in [1.54, 1.807) is 0 Å². The van der Waals surface area contributed by atoms with Gasteiger partial charge < -0.3 is 5.32 Å². The van der Waals surface area contributed by atoms with Crippen molar-refractivity contribution in [2.45, 2.75) is 25.4 Å². The zero-order valence-corrected chi connectivity index (χ0v) is 11.8. The first-order chi connectivity index (χ1) is 8.33. The molecule has 0 saturated carbocycles. The zero-order chi connectivity index (χ0) is 11.7. The second-order valence-electron chi connectivity index (χ2n) is 4.28. The van der Waals surface area contributed by atoms with Gasteiger partial charge in [-0.3, -0.25) is 4.68 Å². The summed E-state index contributed by atoms with van der Waals surface area (Å²) >= 11 is 5.28. The van der Waals surface area contributed by atoms with Crippen molar-refractivity contribution in [1.82, 2.24) is 15.1 Å². The lowest BCUT2D eigenvalue weighted by Crippen LogP contribution is -2.23. The predicted molar refractivity (Wildman–Crippen MR) is 73.3 cm³/mol. The summed E-state index contributed by atoms with van der Waals surface area (Å²) in [5.41, 5.74) is 1.54. The highest BCUT2D eigenvalue weighted by molar-refractivity contribution is 9.10. The van der Waals surface area contributed by atoms with Crippen LogP contribution in [0.3, 0.4) is 0 Å². The van der Waals surface area contributed by atoms with Gasteiger partial charge in [-0.1, -0.05) is 0 Å². The van der Waals surface area contributed by atoms with Crippen LogP contribution in [0.5, 0.6) is 0 Å². The Morgan fingerprint density at radius 3 is 3.35 bits per heavy atom. The summed E-state index contributed by atoms with van der Waals surface area (Å²) in [5.74, 6) is 0. The van der Waals surface area contributed by atoms with Crippen molar-refractivity contribution in [3.05, 3.63) is 38.8 Å². The second kappa shape index (κ2) is 4.92. The Labute approximate surface area is 113 Å². The van der Waals surface area contributed by atoms with E-state index < -0.39 is 0 Å². The molecule has 0 bridgehead atoms. The molecule has 2 heterocycles. The Morgan fingerprint density at radius 2 is 2.53 bits per heavy atom. The van der Waals surface area contributed by atoms with Gasteiger partial charge in [0.05, 0.1) is 17.2 Å². The Bertz CT molecular complexity index is 505. The molecule has 0 fully saturated rings. The van der Waals surface area contributed by atoms with E-state index >= 15 is 0 Å². The van der Waals surface area contributed by atoms with Gasteiger partial charge in [0.2, 0.25) is 0 Å². The molecule has 90 valence electrons. The molecule has 17 heavy (non-hydrogen) atoms. The van der Waals surface area contributed by atoms with Crippen LogP contribution < -0.4 is 5.32 Å². The average Bonchev–Trinajstić information content (AvgIpc) is 2.97. The number of aryl methyl sites for hydroxylation is 1. The first kappa shape index (κ1) is 11.4. The van der Waals surface area contributed by atoms with Gasteiger partial charge in [-0.05, 0) is 45.8 Å². The van der Waals surface area contributed by atoms with E-state index in [0.717, 1.165) is 17.6 Å². The summed E-state index contributed by atoms with van der Waals surface area (Å²) in [4.78, 5) is 1.53. The molecule has 1 unspecified atom stereocenters. The van der Waals surface area contributed by atoms with Gasteiger partial charge in [-0.2, -0.15) is 5.10 Å². The van der Waals surface area contributed by atoms with Crippen LogP contribution in [0.2, 0.25) is 0 Å². The van der Waals surface area contributed by atoms with Crippen molar-refractivity contribution < 1.29 is 0 Å². The minimum Gasteiger partial charge on any atom is -0.307 e. The maximum atomic E-state index is 4.25. The smallest absolute Gasteiger partial charge is 0.0632 e. The third kappa shape index (κ3) is 2.46. The van der Waals surface area contributed by atoms with Crippen LogP contribution in [0.25, 0.3) is 0 Å². The SMILES string of the molecule is Brc1cnn(CCNC2CCc3ccsc32)c1. The first-order valence-corrected chi connectivity index (χ1v) is 7.48. The predicted octanol–water partition coefficient (Wildman–Crippen LogP) is 2.98. The van der Waals surface area contributed by atoms with Crippen LogP contribution in [0.15, 0.2) is 28.3 Å². The molecule has 0 spiro atoms. The highest BCUT2D eigenvalue weighted by Gasteiger charge is 2.22. The summed E-state index contributed by atoms with van der Waals surface area (Å²) in [6.07, 6.45) is 6.30. The third-order valence-corrected chi connectivity index (χ3v) is 4.62. The van der Waals surface area contributed by atoms with Gasteiger partial charge in [0.15, 0.2) is 0 Å². The van der Waals surface area contributed by atoms with Gasteiger partial charge >= 0.3 is 0 Å². The van der Waals surface area contributed by atoms with E-state index in [2.05, 4.69) is 37.8 Å². The molecule has 1 atom stereocenters. The van der Waals surface area contributed by atoms with Gasteiger partial charge in [0, 0.05) is 23.7 Å². The molecule has 2 aromatic heterocycles. The maximum absolute atomic E-state index is 4.25. The Hall–Kier alpha value is -0.650. The number of fused-ring (bicyclic) bond motifs is 1. The fourth-order valence-electron chi connectivity index (χ4n) is 2.30. The van der Waals surface area contributed by atoms with Crippen LogP contribution in [-0.2, 0) is 13.0 Å². The lowest BCUT2D eigenvalue weighted by molar-refractivity contribution is 0.487. The summed E-state index contributed by atoms with van der Waals surface area (Å²) in [5, 5.41) is 10.1. The molecule has 3 nitrogen and oxygen atoms in total. The molecule has 0 saturated heterocycles. The molecule has 0 aromatic carbocycles. The van der Waals surface area contributed by atoms with Crippen molar-refractivity contribution in [3.8, 4) is 0 Å². The number of halogens is 1. The van der Waals surface area contributed by atoms with Crippen molar-refractivity contribution in [3.63, 3.8) is 0 Å². The van der Waals surface area contributed by atoms with Crippen LogP contribution in [0, 0.1) is 0 Å². The summed E-state index contributed by atoms with van der Waals surface area (Å²) in [7, 11) is 0. The second-order valence-corrected chi connectivity index (χ2v) is 6.14. The quantitative estimate of drug-likeness (QED) is 0.940.